The number of hydrogen-bond donors (Lipinski definition) is 1. The first-order valence-electron chi connectivity index (χ1n) is 7.49. The summed E-state index contributed by atoms with van der Waals surface area (Å²) >= 11 is 6.25. The molecule has 112 valence electrons. The van der Waals surface area contributed by atoms with Crippen molar-refractivity contribution in [3.8, 4) is 11.5 Å². The van der Waals surface area contributed by atoms with E-state index in [1.807, 2.05) is 30.3 Å². The quantitative estimate of drug-likeness (QED) is 0.783. The van der Waals surface area contributed by atoms with Crippen LogP contribution in [0.1, 0.15) is 30.9 Å². The Hall–Kier alpha value is -1.51. The Morgan fingerprint density at radius 2 is 1.81 bits per heavy atom. The van der Waals surface area contributed by atoms with Crippen LogP contribution in [0, 0.1) is 0 Å². The molecule has 2 aromatic rings. The lowest BCUT2D eigenvalue weighted by Crippen LogP contribution is -2.04. The zero-order chi connectivity index (χ0) is 15.1. The molecule has 0 aliphatic carbocycles. The maximum atomic E-state index is 6.25. The van der Waals surface area contributed by atoms with Gasteiger partial charge in [-0.25, -0.2) is 0 Å². The average molecular weight is 304 g/mol. The molecule has 2 aromatic carbocycles. The lowest BCUT2D eigenvalue weighted by atomic mass is 10.1. The first kappa shape index (κ1) is 15.9. The Balaban J connectivity index is 2.14. The van der Waals surface area contributed by atoms with Crippen LogP contribution in [0.5, 0.6) is 11.5 Å². The largest absolute Gasteiger partial charge is 0.456 e. The van der Waals surface area contributed by atoms with Crippen molar-refractivity contribution in [2.75, 3.05) is 6.54 Å². The first-order chi connectivity index (χ1) is 10.2. The molecule has 0 heterocycles. The monoisotopic (exact) mass is 303 g/mol. The van der Waals surface area contributed by atoms with Gasteiger partial charge in [-0.05, 0) is 55.1 Å². The highest BCUT2D eigenvalue weighted by molar-refractivity contribution is 6.32. The number of hydrogen-bond acceptors (Lipinski definition) is 2. The van der Waals surface area contributed by atoms with Crippen LogP contribution in [0.15, 0.2) is 42.5 Å². The fraction of sp³-hybridized carbons (Fsp3) is 0.333. The smallest absolute Gasteiger partial charge is 0.149 e. The molecule has 0 atom stereocenters. The topological polar surface area (TPSA) is 35.2 Å². The van der Waals surface area contributed by atoms with Gasteiger partial charge in [0.05, 0.1) is 5.02 Å². The molecule has 0 aliphatic heterocycles. The molecule has 21 heavy (non-hydrogen) atoms. The summed E-state index contributed by atoms with van der Waals surface area (Å²) in [5, 5.41) is 0.621. The molecule has 0 spiro atoms. The lowest BCUT2D eigenvalue weighted by Gasteiger charge is -2.13. The van der Waals surface area contributed by atoms with Gasteiger partial charge in [0.1, 0.15) is 11.5 Å². The van der Waals surface area contributed by atoms with Crippen LogP contribution in [0.4, 0.5) is 0 Å². The lowest BCUT2D eigenvalue weighted by molar-refractivity contribution is 0.476. The van der Waals surface area contributed by atoms with E-state index in [1.165, 1.54) is 18.4 Å². The van der Waals surface area contributed by atoms with Gasteiger partial charge >= 0.3 is 0 Å². The van der Waals surface area contributed by atoms with Crippen LogP contribution in [-0.2, 0) is 12.8 Å². The van der Waals surface area contributed by atoms with Gasteiger partial charge in [-0.2, -0.15) is 0 Å². The average Bonchev–Trinajstić information content (AvgIpc) is 2.50. The Kier molecular flexibility index (Phi) is 6.09. The summed E-state index contributed by atoms with van der Waals surface area (Å²) in [7, 11) is 0. The van der Waals surface area contributed by atoms with Crippen LogP contribution in [0.2, 0.25) is 5.02 Å². The Morgan fingerprint density at radius 1 is 1.05 bits per heavy atom. The van der Waals surface area contributed by atoms with Crippen LogP contribution in [0.3, 0.4) is 0 Å². The summed E-state index contributed by atoms with van der Waals surface area (Å²) in [6.07, 6.45) is 4.29. The van der Waals surface area contributed by atoms with E-state index in [-0.39, 0.29) is 0 Å². The van der Waals surface area contributed by atoms with Crippen molar-refractivity contribution in [2.24, 2.45) is 5.73 Å². The van der Waals surface area contributed by atoms with Gasteiger partial charge in [-0.15, -0.1) is 0 Å². The number of ether oxygens (including phenoxy) is 1. The summed E-state index contributed by atoms with van der Waals surface area (Å²) in [5.74, 6) is 1.52. The maximum Gasteiger partial charge on any atom is 0.149 e. The second-order valence-electron chi connectivity index (χ2n) is 5.12. The third-order valence-corrected chi connectivity index (χ3v) is 3.72. The number of nitrogens with two attached hydrogens (primary N) is 1. The molecule has 0 saturated carbocycles. The highest BCUT2D eigenvalue weighted by Crippen LogP contribution is 2.33. The van der Waals surface area contributed by atoms with Gasteiger partial charge in [-0.1, -0.05) is 49.2 Å². The minimum absolute atomic E-state index is 0.576. The minimum Gasteiger partial charge on any atom is -0.456 e. The fourth-order valence-electron chi connectivity index (χ4n) is 2.24. The van der Waals surface area contributed by atoms with E-state index in [9.17, 15) is 0 Å². The van der Waals surface area contributed by atoms with E-state index < -0.39 is 0 Å². The zero-order valence-corrected chi connectivity index (χ0v) is 13.2. The predicted molar refractivity (Wildman–Crippen MR) is 89.3 cm³/mol. The van der Waals surface area contributed by atoms with Crippen molar-refractivity contribution >= 4 is 11.6 Å². The molecule has 0 radical (unpaired) electrons. The summed E-state index contributed by atoms with van der Waals surface area (Å²) in [6.45, 7) is 2.78. The van der Waals surface area contributed by atoms with Crippen LogP contribution in [0.25, 0.3) is 0 Å². The Bertz CT molecular complexity index is 566. The number of para-hydroxylation sites is 1. The number of benzene rings is 2. The molecular weight excluding hydrogens is 282 g/mol. The van der Waals surface area contributed by atoms with Crippen LogP contribution in [-0.4, -0.2) is 6.54 Å². The SMILES string of the molecule is CCCCc1ccc(Oc2c(Cl)cccc2CCN)cc1. The summed E-state index contributed by atoms with van der Waals surface area (Å²) in [4.78, 5) is 0. The van der Waals surface area contributed by atoms with E-state index in [0.29, 0.717) is 17.3 Å². The van der Waals surface area contributed by atoms with Crippen LogP contribution < -0.4 is 10.5 Å². The maximum absolute atomic E-state index is 6.25. The first-order valence-corrected chi connectivity index (χ1v) is 7.86. The predicted octanol–water partition coefficient (Wildman–Crippen LogP) is 4.98. The third-order valence-electron chi connectivity index (χ3n) is 3.42. The van der Waals surface area contributed by atoms with Gasteiger partial charge in [0.15, 0.2) is 0 Å². The Labute approximate surface area is 131 Å². The number of halogens is 1. The van der Waals surface area contributed by atoms with Crippen molar-refractivity contribution in [1.82, 2.24) is 0 Å². The highest BCUT2D eigenvalue weighted by atomic mass is 35.5. The van der Waals surface area contributed by atoms with E-state index in [4.69, 9.17) is 22.1 Å². The fourth-order valence-corrected chi connectivity index (χ4v) is 2.48. The van der Waals surface area contributed by atoms with Crippen LogP contribution >= 0.6 is 11.6 Å². The standard InChI is InChI=1S/C18H22ClNO/c1-2-3-5-14-8-10-16(11-9-14)21-18-15(12-13-20)6-4-7-17(18)19/h4,6-11H,2-3,5,12-13,20H2,1H3. The molecule has 3 heteroatoms. The van der Waals surface area contributed by atoms with E-state index in [1.54, 1.807) is 0 Å². The molecule has 2 nitrogen and oxygen atoms in total. The summed E-state index contributed by atoms with van der Waals surface area (Å²) in [6, 6.07) is 14.0. The molecule has 0 fully saturated rings. The summed E-state index contributed by atoms with van der Waals surface area (Å²) in [5.41, 5.74) is 8.02. The molecule has 0 aliphatic rings. The number of rotatable bonds is 7. The van der Waals surface area contributed by atoms with Crippen molar-refractivity contribution in [3.05, 3.63) is 58.6 Å². The number of aryl methyl sites for hydroxylation is 1. The molecule has 0 bridgehead atoms. The number of unbranched alkanes of at least 4 members (excludes halogenated alkanes) is 1. The second kappa shape index (κ2) is 8.06. The molecule has 2 N–H and O–H groups in total. The van der Waals surface area contributed by atoms with Gasteiger partial charge in [0.2, 0.25) is 0 Å². The summed E-state index contributed by atoms with van der Waals surface area (Å²) < 4.78 is 5.96. The van der Waals surface area contributed by atoms with Gasteiger partial charge in [0.25, 0.3) is 0 Å². The zero-order valence-electron chi connectivity index (χ0n) is 12.4. The second-order valence-corrected chi connectivity index (χ2v) is 5.52. The molecule has 0 saturated heterocycles. The van der Waals surface area contributed by atoms with Gasteiger partial charge < -0.3 is 10.5 Å². The normalized spacial score (nSPS) is 10.6. The van der Waals surface area contributed by atoms with E-state index in [2.05, 4.69) is 19.1 Å². The Morgan fingerprint density at radius 3 is 2.48 bits per heavy atom. The molecule has 0 aromatic heterocycles. The van der Waals surface area contributed by atoms with E-state index in [0.717, 1.165) is 24.2 Å². The van der Waals surface area contributed by atoms with Gasteiger partial charge in [-0.3, -0.25) is 0 Å². The van der Waals surface area contributed by atoms with Crippen molar-refractivity contribution in [1.29, 1.82) is 0 Å². The van der Waals surface area contributed by atoms with Crippen molar-refractivity contribution in [3.63, 3.8) is 0 Å². The third kappa shape index (κ3) is 4.48. The van der Waals surface area contributed by atoms with Crippen molar-refractivity contribution in [2.45, 2.75) is 32.6 Å². The highest BCUT2D eigenvalue weighted by Gasteiger charge is 2.09. The van der Waals surface area contributed by atoms with Crippen molar-refractivity contribution < 1.29 is 4.74 Å². The minimum atomic E-state index is 0.576. The van der Waals surface area contributed by atoms with Gasteiger partial charge in [0, 0.05) is 0 Å². The molecule has 0 amide bonds. The molecule has 0 unspecified atom stereocenters. The molecule has 2 rings (SSSR count). The van der Waals surface area contributed by atoms with E-state index >= 15 is 0 Å². The molecular formula is C18H22ClNO.